The van der Waals surface area contributed by atoms with Gasteiger partial charge < -0.3 is 9.52 Å². The van der Waals surface area contributed by atoms with Gasteiger partial charge in [0.1, 0.15) is 5.76 Å². The first-order valence-corrected chi connectivity index (χ1v) is 4.95. The average molecular weight is 238 g/mol. The first-order chi connectivity index (χ1) is 7.66. The zero-order valence-corrected chi connectivity index (χ0v) is 8.94. The summed E-state index contributed by atoms with van der Waals surface area (Å²) in [5.41, 5.74) is 0.475. The van der Waals surface area contributed by atoms with Crippen molar-refractivity contribution in [1.82, 2.24) is 4.98 Å². The minimum atomic E-state index is -1.13. The number of aromatic nitrogens is 1. The third kappa shape index (κ3) is 2.23. The molecule has 0 saturated carbocycles. The minimum absolute atomic E-state index is 0.134. The molecule has 1 N–H and O–H groups in total. The lowest BCUT2D eigenvalue weighted by atomic mass is 10.2. The maximum absolute atomic E-state index is 10.8. The molecule has 0 fully saturated rings. The van der Waals surface area contributed by atoms with E-state index >= 15 is 0 Å². The molecule has 0 amide bonds. The van der Waals surface area contributed by atoms with Crippen LogP contribution in [0.1, 0.15) is 21.9 Å². The van der Waals surface area contributed by atoms with Crippen LogP contribution in [0, 0.1) is 0 Å². The van der Waals surface area contributed by atoms with Crippen LogP contribution in [0.3, 0.4) is 0 Å². The van der Waals surface area contributed by atoms with Crippen molar-refractivity contribution in [2.75, 3.05) is 0 Å². The Morgan fingerprint density at radius 3 is 2.88 bits per heavy atom. The van der Waals surface area contributed by atoms with Crippen molar-refractivity contribution in [2.45, 2.75) is 6.42 Å². The van der Waals surface area contributed by atoms with Crippen LogP contribution in [-0.2, 0) is 6.42 Å². The van der Waals surface area contributed by atoms with E-state index in [0.29, 0.717) is 12.1 Å². The van der Waals surface area contributed by atoms with Crippen molar-refractivity contribution in [3.05, 3.63) is 52.7 Å². The fourth-order valence-corrected chi connectivity index (χ4v) is 1.51. The molecule has 0 unspecified atom stereocenters. The SMILES string of the molecule is O=C(O)c1nc(Cc2ccco2)ccc1Cl. The summed E-state index contributed by atoms with van der Waals surface area (Å²) < 4.78 is 5.15. The van der Waals surface area contributed by atoms with Crippen LogP contribution in [0.4, 0.5) is 0 Å². The molecule has 0 spiro atoms. The molecule has 4 nitrogen and oxygen atoms in total. The molecule has 2 rings (SSSR count). The van der Waals surface area contributed by atoms with Gasteiger partial charge in [0.05, 0.1) is 11.3 Å². The Hall–Kier alpha value is -1.81. The molecular formula is C11H8ClNO3. The van der Waals surface area contributed by atoms with E-state index in [1.165, 1.54) is 6.07 Å². The highest BCUT2D eigenvalue weighted by Gasteiger charge is 2.11. The maximum Gasteiger partial charge on any atom is 0.356 e. The molecule has 0 bridgehead atoms. The van der Waals surface area contributed by atoms with Crippen LogP contribution in [0.5, 0.6) is 0 Å². The molecule has 2 heterocycles. The molecule has 0 aliphatic rings. The highest BCUT2D eigenvalue weighted by Crippen LogP contribution is 2.16. The summed E-state index contributed by atoms with van der Waals surface area (Å²) in [5.74, 6) is -0.405. The van der Waals surface area contributed by atoms with E-state index in [-0.39, 0.29) is 10.7 Å². The number of carbonyl (C=O) groups is 1. The Kier molecular flexibility index (Phi) is 2.92. The number of halogens is 1. The maximum atomic E-state index is 10.8. The summed E-state index contributed by atoms with van der Waals surface area (Å²) in [5, 5.41) is 8.98. The highest BCUT2D eigenvalue weighted by molar-refractivity contribution is 6.33. The molecule has 2 aromatic rings. The van der Waals surface area contributed by atoms with Gasteiger partial charge in [0.25, 0.3) is 0 Å². The first-order valence-electron chi connectivity index (χ1n) is 4.58. The monoisotopic (exact) mass is 237 g/mol. The molecule has 0 aliphatic carbocycles. The zero-order chi connectivity index (χ0) is 11.5. The van der Waals surface area contributed by atoms with E-state index in [1.54, 1.807) is 24.5 Å². The number of rotatable bonds is 3. The van der Waals surface area contributed by atoms with Crippen molar-refractivity contribution in [2.24, 2.45) is 0 Å². The molecule has 0 radical (unpaired) electrons. The summed E-state index contributed by atoms with van der Waals surface area (Å²) in [7, 11) is 0. The molecule has 0 saturated heterocycles. The van der Waals surface area contributed by atoms with E-state index in [4.69, 9.17) is 21.1 Å². The second-order valence-electron chi connectivity index (χ2n) is 3.19. The summed E-state index contributed by atoms with van der Waals surface area (Å²) >= 11 is 5.71. The van der Waals surface area contributed by atoms with Gasteiger partial charge in [-0.1, -0.05) is 11.6 Å². The normalized spacial score (nSPS) is 10.3. The number of carboxylic acid groups (broad SMARTS) is 1. The van der Waals surface area contributed by atoms with E-state index in [1.807, 2.05) is 0 Å². The number of hydrogen-bond acceptors (Lipinski definition) is 3. The van der Waals surface area contributed by atoms with Crippen molar-refractivity contribution in [3.8, 4) is 0 Å². The highest BCUT2D eigenvalue weighted by atomic mass is 35.5. The third-order valence-corrected chi connectivity index (χ3v) is 2.35. The van der Waals surface area contributed by atoms with Crippen molar-refractivity contribution >= 4 is 17.6 Å². The number of aromatic carboxylic acids is 1. The van der Waals surface area contributed by atoms with Crippen LogP contribution in [0.2, 0.25) is 5.02 Å². The quantitative estimate of drug-likeness (QED) is 0.891. The van der Waals surface area contributed by atoms with Gasteiger partial charge in [-0.3, -0.25) is 0 Å². The van der Waals surface area contributed by atoms with Gasteiger partial charge in [-0.15, -0.1) is 0 Å². The lowest BCUT2D eigenvalue weighted by molar-refractivity contribution is 0.0690. The summed E-state index contributed by atoms with van der Waals surface area (Å²) in [6.45, 7) is 0. The van der Waals surface area contributed by atoms with Gasteiger partial charge in [0, 0.05) is 12.1 Å². The van der Waals surface area contributed by atoms with Gasteiger partial charge >= 0.3 is 5.97 Å². The average Bonchev–Trinajstić information content (AvgIpc) is 2.73. The third-order valence-electron chi connectivity index (χ3n) is 2.04. The molecule has 0 aromatic carbocycles. The Balaban J connectivity index is 2.29. The van der Waals surface area contributed by atoms with Crippen LogP contribution in [0.15, 0.2) is 34.9 Å². The molecule has 0 atom stereocenters. The van der Waals surface area contributed by atoms with Crippen molar-refractivity contribution < 1.29 is 14.3 Å². The van der Waals surface area contributed by atoms with Crippen LogP contribution < -0.4 is 0 Å². The lowest BCUT2D eigenvalue weighted by Gasteiger charge is -2.01. The lowest BCUT2D eigenvalue weighted by Crippen LogP contribution is -2.04. The zero-order valence-electron chi connectivity index (χ0n) is 8.18. The predicted octanol–water partition coefficient (Wildman–Crippen LogP) is 2.62. The van der Waals surface area contributed by atoms with Gasteiger partial charge in [-0.05, 0) is 24.3 Å². The molecule has 82 valence electrons. The Labute approximate surface area is 96.5 Å². The van der Waals surface area contributed by atoms with Gasteiger partial charge in [0.2, 0.25) is 0 Å². The first kappa shape index (κ1) is 10.7. The minimum Gasteiger partial charge on any atom is -0.476 e. The Bertz CT molecular complexity index is 508. The van der Waals surface area contributed by atoms with Crippen LogP contribution in [-0.4, -0.2) is 16.1 Å². The fraction of sp³-hybridized carbons (Fsp3) is 0.0909. The van der Waals surface area contributed by atoms with Gasteiger partial charge in [0.15, 0.2) is 5.69 Å². The number of hydrogen-bond donors (Lipinski definition) is 1. The van der Waals surface area contributed by atoms with Crippen LogP contribution >= 0.6 is 11.6 Å². The second-order valence-corrected chi connectivity index (χ2v) is 3.60. The molecule has 2 aromatic heterocycles. The molecule has 0 aliphatic heterocycles. The standard InChI is InChI=1S/C11H8ClNO3/c12-9-4-3-7(13-10(9)11(14)15)6-8-2-1-5-16-8/h1-5H,6H2,(H,14,15). The summed E-state index contributed by atoms with van der Waals surface area (Å²) in [4.78, 5) is 14.8. The van der Waals surface area contributed by atoms with Gasteiger partial charge in [-0.25, -0.2) is 9.78 Å². The topological polar surface area (TPSA) is 63.3 Å². The van der Waals surface area contributed by atoms with E-state index in [0.717, 1.165) is 5.76 Å². The second kappa shape index (κ2) is 4.37. The largest absolute Gasteiger partial charge is 0.476 e. The summed E-state index contributed by atoms with van der Waals surface area (Å²) in [6, 6.07) is 6.77. The Morgan fingerprint density at radius 1 is 1.44 bits per heavy atom. The fourth-order valence-electron chi connectivity index (χ4n) is 1.32. The number of carboxylic acids is 1. The van der Waals surface area contributed by atoms with Crippen molar-refractivity contribution in [1.29, 1.82) is 0 Å². The number of pyridine rings is 1. The molecular weight excluding hydrogens is 230 g/mol. The van der Waals surface area contributed by atoms with E-state index in [2.05, 4.69) is 4.98 Å². The predicted molar refractivity (Wildman–Crippen MR) is 57.7 cm³/mol. The van der Waals surface area contributed by atoms with Crippen molar-refractivity contribution in [3.63, 3.8) is 0 Å². The van der Waals surface area contributed by atoms with Crippen LogP contribution in [0.25, 0.3) is 0 Å². The molecule has 5 heteroatoms. The van der Waals surface area contributed by atoms with E-state index < -0.39 is 5.97 Å². The van der Waals surface area contributed by atoms with Gasteiger partial charge in [-0.2, -0.15) is 0 Å². The summed E-state index contributed by atoms with van der Waals surface area (Å²) in [6.07, 6.45) is 2.01. The Morgan fingerprint density at radius 2 is 2.25 bits per heavy atom. The number of furan rings is 1. The number of nitrogens with zero attached hydrogens (tertiary/aromatic N) is 1. The van der Waals surface area contributed by atoms with E-state index in [9.17, 15) is 4.79 Å². The smallest absolute Gasteiger partial charge is 0.356 e. The molecule has 16 heavy (non-hydrogen) atoms.